The van der Waals surface area contributed by atoms with Gasteiger partial charge >= 0.3 is 12.0 Å². The lowest BCUT2D eigenvalue weighted by Gasteiger charge is -2.18. The molecule has 0 aliphatic heterocycles. The number of methoxy groups -OCH3 is 1. The number of hydrogen-bond acceptors (Lipinski definition) is 6. The number of furan rings is 1. The number of carbonyl (C=O) groups excluding carboxylic acids is 2. The summed E-state index contributed by atoms with van der Waals surface area (Å²) in [6.07, 6.45) is 5.13. The zero-order valence-electron chi connectivity index (χ0n) is 16.6. The third-order valence-electron chi connectivity index (χ3n) is 5.60. The number of ether oxygens (including phenoxy) is 1. The predicted octanol–water partition coefficient (Wildman–Crippen LogP) is 3.52. The van der Waals surface area contributed by atoms with Crippen LogP contribution in [-0.2, 0) is 40.4 Å². The first-order valence-electron chi connectivity index (χ1n) is 9.60. The highest BCUT2D eigenvalue weighted by Crippen LogP contribution is 2.44. The van der Waals surface area contributed by atoms with Gasteiger partial charge in [0.05, 0.1) is 7.11 Å². The van der Waals surface area contributed by atoms with Crippen molar-refractivity contribution in [2.24, 2.45) is 0 Å². The van der Waals surface area contributed by atoms with Gasteiger partial charge in [0.15, 0.2) is 0 Å². The van der Waals surface area contributed by atoms with E-state index >= 15 is 0 Å². The number of nitrogens with one attached hydrogen (secondary N) is 2. The fourth-order valence-electron chi connectivity index (χ4n) is 4.25. The fraction of sp³-hybridized carbons (Fsp3) is 0.400. The van der Waals surface area contributed by atoms with Crippen molar-refractivity contribution < 1.29 is 27.2 Å². The smallest absolute Gasteiger partial charge is 0.341 e. The first-order chi connectivity index (χ1) is 14.2. The standard InChI is InChI=1S/C20H21ClN2O6S/c1-10-15(19(24)28-2)9-16(29-10)30(26,27)23-20(25)22-18-13-7-3-5-11(13)17(21)12-6-4-8-14(12)18/h9H,3-8H2,1-2H3,(H2,22,23,25). The molecule has 2 aliphatic carbocycles. The summed E-state index contributed by atoms with van der Waals surface area (Å²) in [5.41, 5.74) is 4.69. The minimum atomic E-state index is -4.32. The molecule has 2 N–H and O–H groups in total. The lowest BCUT2D eigenvalue weighted by atomic mass is 9.98. The maximum atomic E-state index is 12.6. The van der Waals surface area contributed by atoms with E-state index in [9.17, 15) is 18.0 Å². The molecule has 2 aromatic rings. The Kier molecular flexibility index (Phi) is 5.27. The van der Waals surface area contributed by atoms with Gasteiger partial charge in [-0.05, 0) is 67.7 Å². The number of carbonyl (C=O) groups is 2. The van der Waals surface area contributed by atoms with Gasteiger partial charge in [-0.3, -0.25) is 0 Å². The first-order valence-corrected chi connectivity index (χ1v) is 11.5. The van der Waals surface area contributed by atoms with Crippen LogP contribution in [0, 0.1) is 6.92 Å². The highest BCUT2D eigenvalue weighted by atomic mass is 35.5. The van der Waals surface area contributed by atoms with E-state index in [4.69, 9.17) is 16.0 Å². The molecular formula is C20H21ClN2O6S. The van der Waals surface area contributed by atoms with Crippen LogP contribution in [-0.4, -0.2) is 27.5 Å². The summed E-state index contributed by atoms with van der Waals surface area (Å²) in [6, 6.07) is 0.142. The molecule has 0 atom stereocenters. The van der Waals surface area contributed by atoms with Crippen molar-refractivity contribution >= 4 is 39.3 Å². The van der Waals surface area contributed by atoms with E-state index in [2.05, 4.69) is 10.1 Å². The van der Waals surface area contributed by atoms with Crippen LogP contribution in [0.4, 0.5) is 10.5 Å². The highest BCUT2D eigenvalue weighted by molar-refractivity contribution is 7.89. The Hall–Kier alpha value is -2.52. The number of hydrogen-bond donors (Lipinski definition) is 2. The molecule has 10 heteroatoms. The second kappa shape index (κ2) is 7.63. The van der Waals surface area contributed by atoms with Crippen molar-refractivity contribution in [3.05, 3.63) is 44.7 Å². The third kappa shape index (κ3) is 3.45. The third-order valence-corrected chi connectivity index (χ3v) is 7.24. The van der Waals surface area contributed by atoms with Crippen LogP contribution in [0.3, 0.4) is 0 Å². The number of amides is 2. The zero-order chi connectivity index (χ0) is 21.6. The molecule has 4 rings (SSSR count). The van der Waals surface area contributed by atoms with Gasteiger partial charge in [0.2, 0.25) is 5.09 Å². The van der Waals surface area contributed by atoms with Crippen LogP contribution < -0.4 is 10.0 Å². The Balaban J connectivity index is 1.60. The number of aryl methyl sites for hydroxylation is 1. The van der Waals surface area contributed by atoms with Crippen molar-refractivity contribution in [1.82, 2.24) is 4.72 Å². The number of rotatable bonds is 4. The maximum Gasteiger partial charge on any atom is 0.341 e. The molecule has 0 radical (unpaired) electrons. The van der Waals surface area contributed by atoms with Crippen LogP contribution in [0.2, 0.25) is 5.02 Å². The van der Waals surface area contributed by atoms with E-state index in [1.54, 1.807) is 0 Å². The number of anilines is 1. The topological polar surface area (TPSA) is 115 Å². The lowest BCUT2D eigenvalue weighted by molar-refractivity contribution is 0.0598. The summed E-state index contributed by atoms with van der Waals surface area (Å²) < 4.78 is 36.9. The monoisotopic (exact) mass is 452 g/mol. The van der Waals surface area contributed by atoms with Crippen molar-refractivity contribution in [1.29, 1.82) is 0 Å². The van der Waals surface area contributed by atoms with E-state index in [-0.39, 0.29) is 11.3 Å². The number of fused-ring (bicyclic) bond motifs is 2. The Morgan fingerprint density at radius 3 is 2.20 bits per heavy atom. The predicted molar refractivity (Wildman–Crippen MR) is 110 cm³/mol. The second-order valence-corrected chi connectivity index (χ2v) is 9.39. The van der Waals surface area contributed by atoms with Crippen molar-refractivity contribution in [2.75, 3.05) is 12.4 Å². The van der Waals surface area contributed by atoms with Crippen molar-refractivity contribution in [2.45, 2.75) is 50.5 Å². The van der Waals surface area contributed by atoms with Crippen molar-refractivity contribution in [3.8, 4) is 0 Å². The largest absolute Gasteiger partial charge is 0.465 e. The number of esters is 1. The number of halogens is 1. The van der Waals surface area contributed by atoms with Gasteiger partial charge in [-0.2, -0.15) is 8.42 Å². The van der Waals surface area contributed by atoms with Crippen LogP contribution in [0.5, 0.6) is 0 Å². The normalized spacial score (nSPS) is 14.9. The first kappa shape index (κ1) is 20.7. The van der Waals surface area contributed by atoms with Crippen molar-refractivity contribution in [3.63, 3.8) is 0 Å². The van der Waals surface area contributed by atoms with E-state index in [0.29, 0.717) is 5.69 Å². The molecule has 8 nitrogen and oxygen atoms in total. The summed E-state index contributed by atoms with van der Waals surface area (Å²) in [4.78, 5) is 24.3. The zero-order valence-corrected chi connectivity index (χ0v) is 18.1. The average Bonchev–Trinajstić information content (AvgIpc) is 3.43. The second-order valence-electron chi connectivity index (χ2n) is 7.40. The molecule has 0 spiro atoms. The van der Waals surface area contributed by atoms with Gasteiger partial charge in [0.25, 0.3) is 10.0 Å². The summed E-state index contributed by atoms with van der Waals surface area (Å²) in [6.45, 7) is 1.44. The molecule has 1 aromatic heterocycles. The van der Waals surface area contributed by atoms with Gasteiger partial charge in [-0.15, -0.1) is 0 Å². The van der Waals surface area contributed by atoms with Gasteiger partial charge in [-0.1, -0.05) is 11.6 Å². The van der Waals surface area contributed by atoms with E-state index < -0.39 is 27.1 Å². The number of sulfonamides is 1. The van der Waals surface area contributed by atoms with Crippen LogP contribution in [0.15, 0.2) is 15.6 Å². The molecular weight excluding hydrogens is 432 g/mol. The van der Waals surface area contributed by atoms with Crippen LogP contribution in [0.1, 0.15) is 51.2 Å². The number of urea groups is 1. The average molecular weight is 453 g/mol. The minimum absolute atomic E-state index is 0.0216. The summed E-state index contributed by atoms with van der Waals surface area (Å²) >= 11 is 6.57. The highest BCUT2D eigenvalue weighted by Gasteiger charge is 2.30. The molecule has 0 bridgehead atoms. The Morgan fingerprint density at radius 2 is 1.63 bits per heavy atom. The fourth-order valence-corrected chi connectivity index (χ4v) is 5.57. The van der Waals surface area contributed by atoms with E-state index in [1.165, 1.54) is 14.0 Å². The Labute approximate surface area is 179 Å². The Morgan fingerprint density at radius 1 is 1.07 bits per heavy atom. The van der Waals surface area contributed by atoms with Gasteiger partial charge < -0.3 is 14.5 Å². The molecule has 0 saturated heterocycles. The van der Waals surface area contributed by atoms with Gasteiger partial charge in [-0.25, -0.2) is 14.3 Å². The summed E-state index contributed by atoms with van der Waals surface area (Å²) in [5.74, 6) is -0.648. The van der Waals surface area contributed by atoms with Gasteiger partial charge in [0.1, 0.15) is 11.3 Å². The molecule has 30 heavy (non-hydrogen) atoms. The number of benzene rings is 1. The quantitative estimate of drug-likeness (QED) is 0.686. The Bertz CT molecular complexity index is 1130. The van der Waals surface area contributed by atoms with E-state index in [0.717, 1.165) is 71.9 Å². The van der Waals surface area contributed by atoms with Crippen LogP contribution in [0.25, 0.3) is 0 Å². The summed E-state index contributed by atoms with van der Waals surface area (Å²) in [5, 5.41) is 2.98. The van der Waals surface area contributed by atoms with E-state index in [1.807, 2.05) is 4.72 Å². The molecule has 0 saturated carbocycles. The summed E-state index contributed by atoms with van der Waals surface area (Å²) in [7, 11) is -3.14. The lowest BCUT2D eigenvalue weighted by Crippen LogP contribution is -2.34. The molecule has 0 fully saturated rings. The minimum Gasteiger partial charge on any atom is -0.465 e. The molecule has 0 unspecified atom stereocenters. The van der Waals surface area contributed by atoms with Gasteiger partial charge in [0, 0.05) is 16.8 Å². The molecule has 2 amide bonds. The van der Waals surface area contributed by atoms with Crippen LogP contribution >= 0.6 is 11.6 Å². The molecule has 160 valence electrons. The maximum absolute atomic E-state index is 12.6. The molecule has 1 heterocycles. The SMILES string of the molecule is COC(=O)c1cc(S(=O)(=O)NC(=O)Nc2c3c(c(Cl)c4c2CCC4)CCC3)oc1C. The molecule has 2 aliphatic rings. The molecule has 1 aromatic carbocycles.